The van der Waals surface area contributed by atoms with Gasteiger partial charge in [0.15, 0.2) is 0 Å². The fraction of sp³-hybridized carbons (Fsp3) is 0.393. The average Bonchev–Trinajstić information content (AvgIpc) is 3.34. The van der Waals surface area contributed by atoms with Crippen LogP contribution in [-0.4, -0.2) is 91.0 Å². The summed E-state index contributed by atoms with van der Waals surface area (Å²) < 4.78 is 10.4. The van der Waals surface area contributed by atoms with Crippen molar-refractivity contribution in [3.8, 4) is 0 Å². The molecule has 2 atom stereocenters. The van der Waals surface area contributed by atoms with Crippen LogP contribution in [0.3, 0.4) is 0 Å². The molecule has 0 saturated carbocycles. The number of fused-ring (bicyclic) bond motifs is 3. The van der Waals surface area contributed by atoms with Gasteiger partial charge in [-0.25, -0.2) is 4.79 Å². The van der Waals surface area contributed by atoms with Crippen LogP contribution in [-0.2, 0) is 25.5 Å². The molecule has 0 aliphatic carbocycles. The largest absolute Gasteiger partial charge is 0.467 e. The molecular weight excluding hydrogens is 508 g/mol. The number of aromatic amines is 1. The number of aromatic nitrogens is 1. The number of hydrogen-bond donors (Lipinski definition) is 2. The molecule has 2 aromatic carbocycles. The Morgan fingerprint density at radius 3 is 2.55 bits per heavy atom. The van der Waals surface area contributed by atoms with Crippen molar-refractivity contribution in [3.05, 3.63) is 70.9 Å². The number of hydrogen-bond acceptors (Lipinski definition) is 6. The number of para-hydroxylation sites is 1. The van der Waals surface area contributed by atoms with Crippen LogP contribution < -0.4 is 5.32 Å². The number of halogens is 1. The van der Waals surface area contributed by atoms with Gasteiger partial charge < -0.3 is 24.7 Å². The Hall–Kier alpha value is -3.40. The number of rotatable bonds is 7. The van der Waals surface area contributed by atoms with Gasteiger partial charge in [-0.2, -0.15) is 0 Å². The van der Waals surface area contributed by atoms with E-state index < -0.39 is 18.1 Å². The SMILES string of the molecule is COC(=O)[C@H]1Cc2c([nH]c3ccccc23)[C@@H](c2ccc(C(=O)NCCN3CCOCC3)cc2)N1C(=O)CCl. The van der Waals surface area contributed by atoms with Gasteiger partial charge in [-0.15, -0.1) is 11.6 Å². The minimum atomic E-state index is -0.828. The highest BCUT2D eigenvalue weighted by Gasteiger charge is 2.43. The molecule has 38 heavy (non-hydrogen) atoms. The van der Waals surface area contributed by atoms with Crippen molar-refractivity contribution >= 4 is 40.3 Å². The smallest absolute Gasteiger partial charge is 0.328 e. The zero-order chi connectivity index (χ0) is 26.6. The van der Waals surface area contributed by atoms with Crippen molar-refractivity contribution in [2.45, 2.75) is 18.5 Å². The van der Waals surface area contributed by atoms with E-state index in [2.05, 4.69) is 15.2 Å². The molecule has 2 aliphatic heterocycles. The number of morpholine rings is 1. The molecule has 1 fully saturated rings. The first-order valence-corrected chi connectivity index (χ1v) is 13.3. The molecule has 1 saturated heterocycles. The molecule has 2 amide bonds. The lowest BCUT2D eigenvalue weighted by atomic mass is 9.87. The standard InChI is InChI=1S/C28H31ClN4O5/c1-37-28(36)23-16-21-20-4-2-3-5-22(20)31-25(21)26(33(23)24(34)17-29)18-6-8-19(9-7-18)27(35)30-10-11-32-12-14-38-15-13-32/h2-9,23,26,31H,10-17H2,1H3,(H,30,35)/t23-,26-/m1/s1. The van der Waals surface area contributed by atoms with Gasteiger partial charge in [0.2, 0.25) is 5.91 Å². The summed E-state index contributed by atoms with van der Waals surface area (Å²) in [4.78, 5) is 46.0. The lowest BCUT2D eigenvalue weighted by Crippen LogP contribution is -2.52. The van der Waals surface area contributed by atoms with Crippen LogP contribution in [0.15, 0.2) is 48.5 Å². The number of benzene rings is 2. The van der Waals surface area contributed by atoms with E-state index in [1.54, 1.807) is 12.1 Å². The maximum absolute atomic E-state index is 13.1. The molecule has 0 radical (unpaired) electrons. The zero-order valence-corrected chi connectivity index (χ0v) is 22.0. The van der Waals surface area contributed by atoms with Crippen molar-refractivity contribution in [1.29, 1.82) is 0 Å². The van der Waals surface area contributed by atoms with Gasteiger partial charge >= 0.3 is 5.97 Å². The van der Waals surface area contributed by atoms with E-state index in [4.69, 9.17) is 21.1 Å². The second kappa shape index (κ2) is 11.6. The quantitative estimate of drug-likeness (QED) is 0.354. The van der Waals surface area contributed by atoms with E-state index in [0.29, 0.717) is 18.5 Å². The third-order valence-corrected chi connectivity index (χ3v) is 7.54. The number of alkyl halides is 1. The molecule has 0 unspecified atom stereocenters. The summed E-state index contributed by atoms with van der Waals surface area (Å²) >= 11 is 6.01. The predicted molar refractivity (Wildman–Crippen MR) is 143 cm³/mol. The lowest BCUT2D eigenvalue weighted by Gasteiger charge is -2.40. The maximum Gasteiger partial charge on any atom is 0.328 e. The van der Waals surface area contributed by atoms with Gasteiger partial charge in [-0.3, -0.25) is 14.5 Å². The van der Waals surface area contributed by atoms with E-state index in [1.807, 2.05) is 36.4 Å². The molecule has 9 nitrogen and oxygen atoms in total. The first kappa shape index (κ1) is 26.2. The number of carbonyl (C=O) groups is 3. The summed E-state index contributed by atoms with van der Waals surface area (Å²) in [6.45, 7) is 4.48. The third kappa shape index (κ3) is 5.14. The summed E-state index contributed by atoms with van der Waals surface area (Å²) in [5.41, 5.74) is 3.98. The molecule has 5 rings (SSSR count). The van der Waals surface area contributed by atoms with Crippen molar-refractivity contribution in [2.24, 2.45) is 0 Å². The highest BCUT2D eigenvalue weighted by molar-refractivity contribution is 6.27. The van der Waals surface area contributed by atoms with E-state index >= 15 is 0 Å². The molecule has 1 aromatic heterocycles. The van der Waals surface area contributed by atoms with E-state index in [0.717, 1.165) is 60.6 Å². The van der Waals surface area contributed by atoms with Gasteiger partial charge in [-0.05, 0) is 29.3 Å². The highest BCUT2D eigenvalue weighted by Crippen LogP contribution is 2.41. The van der Waals surface area contributed by atoms with Gasteiger partial charge in [0.25, 0.3) is 5.91 Å². The van der Waals surface area contributed by atoms with Crippen molar-refractivity contribution in [2.75, 3.05) is 52.4 Å². The van der Waals surface area contributed by atoms with Crippen molar-refractivity contribution < 1.29 is 23.9 Å². The van der Waals surface area contributed by atoms with Gasteiger partial charge in [-0.1, -0.05) is 30.3 Å². The van der Waals surface area contributed by atoms with Crippen LogP contribution in [0.25, 0.3) is 10.9 Å². The van der Waals surface area contributed by atoms with Crippen LogP contribution >= 0.6 is 11.6 Å². The highest BCUT2D eigenvalue weighted by atomic mass is 35.5. The number of methoxy groups -OCH3 is 1. The van der Waals surface area contributed by atoms with Crippen LogP contribution in [0.5, 0.6) is 0 Å². The first-order chi connectivity index (χ1) is 18.5. The molecular formula is C28H31ClN4O5. The molecule has 2 N–H and O–H groups in total. The molecule has 3 aromatic rings. The molecule has 3 heterocycles. The predicted octanol–water partition coefficient (Wildman–Crippen LogP) is 2.48. The van der Waals surface area contributed by atoms with E-state index in [9.17, 15) is 14.4 Å². The van der Waals surface area contributed by atoms with Crippen molar-refractivity contribution in [1.82, 2.24) is 20.1 Å². The van der Waals surface area contributed by atoms with E-state index in [-0.39, 0.29) is 17.7 Å². The fourth-order valence-electron chi connectivity index (χ4n) is 5.40. The lowest BCUT2D eigenvalue weighted by molar-refractivity contribution is -0.154. The Labute approximate surface area is 226 Å². The Bertz CT molecular complexity index is 1320. The number of amides is 2. The minimum Gasteiger partial charge on any atom is -0.467 e. The Balaban J connectivity index is 1.44. The monoisotopic (exact) mass is 538 g/mol. The molecule has 200 valence electrons. The number of ether oxygens (including phenoxy) is 2. The molecule has 2 aliphatic rings. The van der Waals surface area contributed by atoms with E-state index in [1.165, 1.54) is 12.0 Å². The Kier molecular flexibility index (Phi) is 7.97. The Morgan fingerprint density at radius 2 is 1.84 bits per heavy atom. The van der Waals surface area contributed by atoms with Crippen LogP contribution in [0, 0.1) is 0 Å². The second-order valence-corrected chi connectivity index (χ2v) is 9.74. The summed E-state index contributed by atoms with van der Waals surface area (Å²) in [6.07, 6.45) is 0.314. The summed E-state index contributed by atoms with van der Waals surface area (Å²) in [6, 6.07) is 13.6. The average molecular weight is 539 g/mol. The fourth-order valence-corrected chi connectivity index (χ4v) is 5.54. The zero-order valence-electron chi connectivity index (χ0n) is 21.2. The summed E-state index contributed by atoms with van der Waals surface area (Å²) in [7, 11) is 1.32. The minimum absolute atomic E-state index is 0.166. The topological polar surface area (TPSA) is 104 Å². The van der Waals surface area contributed by atoms with Gasteiger partial charge in [0.1, 0.15) is 11.9 Å². The van der Waals surface area contributed by atoms with Crippen LogP contribution in [0.4, 0.5) is 0 Å². The number of nitrogens with zero attached hydrogens (tertiary/aromatic N) is 2. The number of H-pyrrole nitrogens is 1. The van der Waals surface area contributed by atoms with Crippen LogP contribution in [0.1, 0.15) is 33.2 Å². The maximum atomic E-state index is 13.1. The van der Waals surface area contributed by atoms with Crippen LogP contribution in [0.2, 0.25) is 0 Å². The summed E-state index contributed by atoms with van der Waals surface area (Å²) in [5.74, 6) is -1.31. The van der Waals surface area contributed by atoms with Gasteiger partial charge in [0.05, 0.1) is 26.4 Å². The third-order valence-electron chi connectivity index (χ3n) is 7.31. The Morgan fingerprint density at radius 1 is 1.11 bits per heavy atom. The number of nitrogens with one attached hydrogen (secondary N) is 2. The molecule has 10 heteroatoms. The molecule has 0 spiro atoms. The van der Waals surface area contributed by atoms with Gasteiger partial charge in [0, 0.05) is 54.8 Å². The second-order valence-electron chi connectivity index (χ2n) is 9.47. The molecule has 0 bridgehead atoms. The summed E-state index contributed by atoms with van der Waals surface area (Å²) in [5, 5.41) is 3.97. The van der Waals surface area contributed by atoms with Crippen molar-refractivity contribution in [3.63, 3.8) is 0 Å². The normalized spacial score (nSPS) is 19.7. The first-order valence-electron chi connectivity index (χ1n) is 12.7. The number of carbonyl (C=O) groups excluding carboxylic acids is 3. The number of esters is 1.